The molecule has 21 heavy (non-hydrogen) atoms. The van der Waals surface area contributed by atoms with Crippen molar-refractivity contribution in [1.29, 1.82) is 0 Å². The average molecular weight is 278 g/mol. The zero-order valence-corrected chi connectivity index (χ0v) is 10.8. The number of H-pyrrole nitrogens is 1. The zero-order valence-electron chi connectivity index (χ0n) is 10.8. The van der Waals surface area contributed by atoms with Crippen LogP contribution >= 0.6 is 0 Å². The summed E-state index contributed by atoms with van der Waals surface area (Å²) in [4.78, 5) is 12.1. The van der Waals surface area contributed by atoms with Crippen molar-refractivity contribution >= 4 is 5.65 Å². The van der Waals surface area contributed by atoms with E-state index in [0.29, 0.717) is 11.5 Å². The Labute approximate surface area is 118 Å². The highest BCUT2D eigenvalue weighted by molar-refractivity contribution is 5.58. The molecule has 0 unspecified atom stereocenters. The Bertz CT molecular complexity index is 966. The van der Waals surface area contributed by atoms with Gasteiger partial charge in [0, 0.05) is 6.07 Å². The summed E-state index contributed by atoms with van der Waals surface area (Å²) in [6.07, 6.45) is 1.49. The Kier molecular flexibility index (Phi) is 2.43. The monoisotopic (exact) mass is 278 g/mol. The highest BCUT2D eigenvalue weighted by Crippen LogP contribution is 2.15. The van der Waals surface area contributed by atoms with E-state index in [-0.39, 0.29) is 5.56 Å². The second-order valence-corrected chi connectivity index (χ2v) is 4.53. The smallest absolute Gasteiger partial charge is 0.273 e. The minimum Gasteiger partial charge on any atom is -0.289 e. The Hall–Kier alpha value is -3.22. The number of nitrogens with zero attached hydrogens (tertiary/aromatic N) is 5. The molecule has 102 valence electrons. The van der Waals surface area contributed by atoms with Gasteiger partial charge in [-0.3, -0.25) is 9.89 Å². The van der Waals surface area contributed by atoms with E-state index >= 15 is 0 Å². The van der Waals surface area contributed by atoms with E-state index < -0.39 is 0 Å². The largest absolute Gasteiger partial charge is 0.289 e. The lowest BCUT2D eigenvalue weighted by atomic mass is 10.2. The maximum absolute atomic E-state index is 12.1. The number of nitrogens with one attached hydrogen (secondary N) is 1. The molecule has 3 heterocycles. The molecular formula is C14H10N6O. The van der Waals surface area contributed by atoms with Crippen LogP contribution in [0.3, 0.4) is 0 Å². The van der Waals surface area contributed by atoms with E-state index in [4.69, 9.17) is 0 Å². The van der Waals surface area contributed by atoms with E-state index in [0.717, 1.165) is 11.3 Å². The third-order valence-corrected chi connectivity index (χ3v) is 3.18. The summed E-state index contributed by atoms with van der Waals surface area (Å²) in [6, 6.07) is 14.7. The van der Waals surface area contributed by atoms with Crippen LogP contribution in [0.4, 0.5) is 0 Å². The first-order chi connectivity index (χ1) is 10.3. The molecular weight excluding hydrogens is 268 g/mol. The minimum atomic E-state index is -0.172. The van der Waals surface area contributed by atoms with Crippen LogP contribution in [0.2, 0.25) is 0 Å². The molecule has 0 aliphatic carbocycles. The van der Waals surface area contributed by atoms with Crippen LogP contribution < -0.4 is 5.56 Å². The second kappa shape index (κ2) is 4.41. The molecule has 0 saturated carbocycles. The number of benzene rings is 1. The van der Waals surface area contributed by atoms with Crippen LogP contribution in [0.15, 0.2) is 59.7 Å². The molecule has 3 aromatic heterocycles. The lowest BCUT2D eigenvalue weighted by Crippen LogP contribution is -2.15. The molecule has 0 spiro atoms. The van der Waals surface area contributed by atoms with Gasteiger partial charge in [-0.15, -0.1) is 15.3 Å². The molecule has 0 fully saturated rings. The normalized spacial score (nSPS) is 11.0. The summed E-state index contributed by atoms with van der Waals surface area (Å²) >= 11 is 0. The maximum Gasteiger partial charge on any atom is 0.273 e. The molecule has 0 atom stereocenters. The fraction of sp³-hybridized carbons (Fsp3) is 0. The molecule has 4 rings (SSSR count). The van der Waals surface area contributed by atoms with Crippen molar-refractivity contribution in [3.8, 4) is 17.1 Å². The predicted molar refractivity (Wildman–Crippen MR) is 76.2 cm³/mol. The molecule has 4 aromatic rings. The first kappa shape index (κ1) is 11.6. The molecule has 0 bridgehead atoms. The number of aromatic nitrogens is 6. The molecule has 0 radical (unpaired) electrons. The quantitative estimate of drug-likeness (QED) is 0.598. The SMILES string of the molecule is O=c1cc(-c2ccccc2)[nH]n1-c1ccc2nncn2n1. The van der Waals surface area contributed by atoms with Crippen LogP contribution in [0.25, 0.3) is 22.7 Å². The Balaban J connectivity index is 1.85. The number of hydrogen-bond acceptors (Lipinski definition) is 4. The molecule has 0 amide bonds. The molecule has 0 aliphatic heterocycles. The summed E-state index contributed by atoms with van der Waals surface area (Å²) < 4.78 is 2.91. The fourth-order valence-electron chi connectivity index (χ4n) is 2.17. The lowest BCUT2D eigenvalue weighted by Gasteiger charge is -2.01. The third kappa shape index (κ3) is 1.91. The lowest BCUT2D eigenvalue weighted by molar-refractivity contribution is 0.774. The van der Waals surface area contributed by atoms with Crippen LogP contribution in [0.1, 0.15) is 0 Å². The Morgan fingerprint density at radius 3 is 2.76 bits per heavy atom. The van der Waals surface area contributed by atoms with Gasteiger partial charge < -0.3 is 0 Å². The molecule has 1 N–H and O–H groups in total. The van der Waals surface area contributed by atoms with Crippen molar-refractivity contribution in [2.24, 2.45) is 0 Å². The van der Waals surface area contributed by atoms with E-state index in [1.807, 2.05) is 30.3 Å². The maximum atomic E-state index is 12.1. The average Bonchev–Trinajstić information content (AvgIpc) is 3.13. The highest BCUT2D eigenvalue weighted by Gasteiger charge is 2.08. The molecule has 1 aromatic carbocycles. The van der Waals surface area contributed by atoms with Gasteiger partial charge in [-0.05, 0) is 17.7 Å². The van der Waals surface area contributed by atoms with Gasteiger partial charge in [-0.2, -0.15) is 9.20 Å². The van der Waals surface area contributed by atoms with E-state index in [2.05, 4.69) is 20.4 Å². The van der Waals surface area contributed by atoms with Crippen molar-refractivity contribution in [2.75, 3.05) is 0 Å². The van der Waals surface area contributed by atoms with Gasteiger partial charge >= 0.3 is 0 Å². The van der Waals surface area contributed by atoms with Gasteiger partial charge in [0.1, 0.15) is 6.33 Å². The van der Waals surface area contributed by atoms with Crippen molar-refractivity contribution in [3.05, 3.63) is 65.2 Å². The third-order valence-electron chi connectivity index (χ3n) is 3.18. The van der Waals surface area contributed by atoms with Gasteiger partial charge in [0.05, 0.1) is 5.69 Å². The Morgan fingerprint density at radius 1 is 1.05 bits per heavy atom. The fourth-order valence-corrected chi connectivity index (χ4v) is 2.17. The van der Waals surface area contributed by atoms with Crippen molar-refractivity contribution in [1.82, 2.24) is 29.6 Å². The zero-order chi connectivity index (χ0) is 14.2. The molecule has 7 nitrogen and oxygen atoms in total. The van der Waals surface area contributed by atoms with Crippen LogP contribution in [-0.2, 0) is 0 Å². The van der Waals surface area contributed by atoms with Crippen molar-refractivity contribution in [3.63, 3.8) is 0 Å². The minimum absolute atomic E-state index is 0.172. The van der Waals surface area contributed by atoms with E-state index in [1.165, 1.54) is 15.5 Å². The van der Waals surface area contributed by atoms with Gasteiger partial charge in [-0.1, -0.05) is 30.3 Å². The number of fused-ring (bicyclic) bond motifs is 1. The summed E-state index contributed by atoms with van der Waals surface area (Å²) in [5, 5.41) is 15.0. The van der Waals surface area contributed by atoms with Crippen molar-refractivity contribution < 1.29 is 0 Å². The summed E-state index contributed by atoms with van der Waals surface area (Å²) in [7, 11) is 0. The standard InChI is InChI=1S/C14H10N6O/c21-14-8-11(10-4-2-1-3-5-10)17-20(14)13-7-6-12-16-15-9-19(12)18-13/h1-9,17H. The summed E-state index contributed by atoms with van der Waals surface area (Å²) in [5.74, 6) is 0.481. The number of rotatable bonds is 2. The summed E-state index contributed by atoms with van der Waals surface area (Å²) in [5.41, 5.74) is 2.14. The van der Waals surface area contributed by atoms with Gasteiger partial charge in [0.2, 0.25) is 0 Å². The van der Waals surface area contributed by atoms with Crippen LogP contribution in [-0.4, -0.2) is 29.6 Å². The number of hydrogen-bond donors (Lipinski definition) is 1. The predicted octanol–water partition coefficient (Wildman–Crippen LogP) is 1.27. The molecule has 7 heteroatoms. The number of aromatic amines is 1. The van der Waals surface area contributed by atoms with Gasteiger partial charge in [-0.25, -0.2) is 0 Å². The first-order valence-electron chi connectivity index (χ1n) is 6.36. The molecule has 0 saturated heterocycles. The van der Waals surface area contributed by atoms with E-state index in [9.17, 15) is 4.79 Å². The highest BCUT2D eigenvalue weighted by atomic mass is 16.1. The van der Waals surface area contributed by atoms with Gasteiger partial charge in [0.15, 0.2) is 11.5 Å². The van der Waals surface area contributed by atoms with E-state index in [1.54, 1.807) is 18.2 Å². The van der Waals surface area contributed by atoms with Crippen LogP contribution in [0, 0.1) is 0 Å². The molecule has 0 aliphatic rings. The van der Waals surface area contributed by atoms with Gasteiger partial charge in [0.25, 0.3) is 5.56 Å². The van der Waals surface area contributed by atoms with Crippen molar-refractivity contribution in [2.45, 2.75) is 0 Å². The van der Waals surface area contributed by atoms with Crippen LogP contribution in [0.5, 0.6) is 0 Å². The second-order valence-electron chi connectivity index (χ2n) is 4.53. The first-order valence-corrected chi connectivity index (χ1v) is 6.36. The topological polar surface area (TPSA) is 80.9 Å². The Morgan fingerprint density at radius 2 is 1.90 bits per heavy atom. The summed E-state index contributed by atoms with van der Waals surface area (Å²) in [6.45, 7) is 0.